The molecule has 0 aliphatic carbocycles. The van der Waals surface area contributed by atoms with Gasteiger partial charge < -0.3 is 19.6 Å². The molecule has 1 N–H and O–H groups in total. The van der Waals surface area contributed by atoms with E-state index < -0.39 is 5.41 Å². The minimum absolute atomic E-state index is 0.132. The van der Waals surface area contributed by atoms with Crippen LogP contribution in [0.3, 0.4) is 0 Å². The van der Waals surface area contributed by atoms with Crippen molar-refractivity contribution in [1.82, 2.24) is 19.9 Å². The summed E-state index contributed by atoms with van der Waals surface area (Å²) < 4.78 is 0. The first-order valence-corrected chi connectivity index (χ1v) is 10.3. The molecule has 0 unspecified atom stereocenters. The fourth-order valence-corrected chi connectivity index (χ4v) is 3.89. The Kier molecular flexibility index (Phi) is 5.28. The summed E-state index contributed by atoms with van der Waals surface area (Å²) in [5.41, 5.74) is 5.00. The molecule has 0 bridgehead atoms. The minimum Gasteiger partial charge on any atom is -0.368 e. The normalized spacial score (nSPS) is 14.9. The Morgan fingerprint density at radius 1 is 1.23 bits per heavy atom. The fraction of sp³-hybridized carbons (Fsp3) is 0.391. The number of aromatic nitrogens is 3. The topological polar surface area (TPSA) is 82.2 Å². The average molecular weight is 406 g/mol. The van der Waals surface area contributed by atoms with Gasteiger partial charge in [-0.2, -0.15) is 0 Å². The highest BCUT2D eigenvalue weighted by molar-refractivity contribution is 5.79. The van der Waals surface area contributed by atoms with E-state index >= 15 is 0 Å². The van der Waals surface area contributed by atoms with Crippen molar-refractivity contribution in [2.24, 2.45) is 5.41 Å². The molecule has 7 nitrogen and oxygen atoms in total. The largest absolute Gasteiger partial charge is 0.368 e. The molecule has 4 rings (SSSR count). The summed E-state index contributed by atoms with van der Waals surface area (Å²) in [6.07, 6.45) is 5.26. The summed E-state index contributed by atoms with van der Waals surface area (Å²) >= 11 is 0. The number of rotatable bonds is 5. The summed E-state index contributed by atoms with van der Waals surface area (Å²) in [6, 6.07) is 8.28. The van der Waals surface area contributed by atoms with Crippen LogP contribution in [0.1, 0.15) is 26.3 Å². The molecule has 3 heterocycles. The number of hydrogen-bond donors (Lipinski definition) is 1. The standard InChI is InChI=1S/C23H27N5O2/c1-16(30)27-7-9-28(10-8-27)19-6-4-5-17(11-19)20-14-25-22-21(26-20)18(13-24-22)12-23(2,3)15-29/h4-6,11,13-15H,7-10,12H2,1-3H3,(H,24,25). The van der Waals surface area contributed by atoms with Crippen LogP contribution < -0.4 is 4.90 Å². The third kappa shape index (κ3) is 4.06. The van der Waals surface area contributed by atoms with Gasteiger partial charge in [0.2, 0.25) is 5.91 Å². The SMILES string of the molecule is CC(=O)N1CCN(c2cccc(-c3cnc4[nH]cc(CC(C)(C)C=O)c4n3)c2)CC1. The Labute approximate surface area is 176 Å². The summed E-state index contributed by atoms with van der Waals surface area (Å²) in [7, 11) is 0. The maximum Gasteiger partial charge on any atom is 0.219 e. The van der Waals surface area contributed by atoms with Gasteiger partial charge in [0.05, 0.1) is 11.9 Å². The molecule has 1 aromatic carbocycles. The van der Waals surface area contributed by atoms with Crippen molar-refractivity contribution in [3.8, 4) is 11.3 Å². The lowest BCUT2D eigenvalue weighted by Gasteiger charge is -2.35. The van der Waals surface area contributed by atoms with Gasteiger partial charge in [0.1, 0.15) is 11.8 Å². The first-order valence-electron chi connectivity index (χ1n) is 10.3. The zero-order valence-corrected chi connectivity index (χ0v) is 17.7. The highest BCUT2D eigenvalue weighted by Gasteiger charge is 2.21. The first kappa shape index (κ1) is 20.1. The third-order valence-corrected chi connectivity index (χ3v) is 5.66. The van der Waals surface area contributed by atoms with Crippen LogP contribution in [0.2, 0.25) is 0 Å². The van der Waals surface area contributed by atoms with Gasteiger partial charge in [-0.3, -0.25) is 4.79 Å². The van der Waals surface area contributed by atoms with Crippen LogP contribution in [0.5, 0.6) is 0 Å². The Morgan fingerprint density at radius 3 is 2.70 bits per heavy atom. The molecule has 1 aliphatic rings. The van der Waals surface area contributed by atoms with Crippen LogP contribution in [0.15, 0.2) is 36.7 Å². The molecule has 1 aliphatic heterocycles. The number of fused-ring (bicyclic) bond motifs is 1. The predicted octanol–water partition coefficient (Wildman–Crippen LogP) is 3.06. The van der Waals surface area contributed by atoms with Crippen LogP contribution in [0.4, 0.5) is 5.69 Å². The van der Waals surface area contributed by atoms with E-state index in [1.54, 1.807) is 13.1 Å². The molecule has 2 aromatic heterocycles. The molecular weight excluding hydrogens is 378 g/mol. The maximum atomic E-state index is 11.6. The molecular formula is C23H27N5O2. The number of carbonyl (C=O) groups excluding carboxylic acids is 2. The van der Waals surface area contributed by atoms with E-state index in [1.807, 2.05) is 37.1 Å². The molecule has 0 saturated carbocycles. The van der Waals surface area contributed by atoms with Crippen LogP contribution in [0, 0.1) is 5.41 Å². The second-order valence-electron chi connectivity index (χ2n) is 8.59. The Morgan fingerprint density at radius 2 is 2.00 bits per heavy atom. The number of aromatic amines is 1. The molecule has 3 aromatic rings. The van der Waals surface area contributed by atoms with Crippen molar-refractivity contribution in [3.63, 3.8) is 0 Å². The van der Waals surface area contributed by atoms with E-state index in [4.69, 9.17) is 4.98 Å². The number of aldehydes is 1. The monoisotopic (exact) mass is 405 g/mol. The Balaban J connectivity index is 1.61. The number of H-pyrrole nitrogens is 1. The molecule has 156 valence electrons. The number of benzene rings is 1. The second-order valence-corrected chi connectivity index (χ2v) is 8.59. The van der Waals surface area contributed by atoms with Gasteiger partial charge in [-0.25, -0.2) is 9.97 Å². The zero-order chi connectivity index (χ0) is 21.3. The van der Waals surface area contributed by atoms with Gasteiger partial charge in [-0.15, -0.1) is 0 Å². The highest BCUT2D eigenvalue weighted by Crippen LogP contribution is 2.28. The summed E-state index contributed by atoms with van der Waals surface area (Å²) in [5.74, 6) is 0.132. The van der Waals surface area contributed by atoms with Crippen molar-refractivity contribution < 1.29 is 9.59 Å². The van der Waals surface area contributed by atoms with E-state index in [0.717, 1.165) is 66.1 Å². The molecule has 7 heteroatoms. The molecule has 30 heavy (non-hydrogen) atoms. The van der Waals surface area contributed by atoms with E-state index in [0.29, 0.717) is 6.42 Å². The molecule has 0 atom stereocenters. The number of nitrogens with one attached hydrogen (secondary N) is 1. The quantitative estimate of drug-likeness (QED) is 0.660. The van der Waals surface area contributed by atoms with Crippen LogP contribution >= 0.6 is 0 Å². The number of nitrogens with zero attached hydrogens (tertiary/aromatic N) is 4. The van der Waals surface area contributed by atoms with Gasteiger partial charge in [0.25, 0.3) is 0 Å². The highest BCUT2D eigenvalue weighted by atomic mass is 16.2. The number of carbonyl (C=O) groups is 2. The number of hydrogen-bond acceptors (Lipinski definition) is 5. The zero-order valence-electron chi connectivity index (χ0n) is 17.7. The van der Waals surface area contributed by atoms with E-state index in [2.05, 4.69) is 27.0 Å². The van der Waals surface area contributed by atoms with Crippen molar-refractivity contribution in [2.75, 3.05) is 31.1 Å². The summed E-state index contributed by atoms with van der Waals surface area (Å²) in [6.45, 7) is 8.58. The van der Waals surface area contributed by atoms with E-state index in [9.17, 15) is 9.59 Å². The van der Waals surface area contributed by atoms with Gasteiger partial charge in [-0.05, 0) is 24.1 Å². The lowest BCUT2D eigenvalue weighted by Crippen LogP contribution is -2.48. The lowest BCUT2D eigenvalue weighted by molar-refractivity contribution is -0.129. The molecule has 1 amide bonds. The molecule has 0 spiro atoms. The number of piperazine rings is 1. The average Bonchev–Trinajstić information content (AvgIpc) is 3.15. The van der Waals surface area contributed by atoms with Crippen molar-refractivity contribution in [1.29, 1.82) is 0 Å². The van der Waals surface area contributed by atoms with Crippen molar-refractivity contribution in [2.45, 2.75) is 27.2 Å². The summed E-state index contributed by atoms with van der Waals surface area (Å²) in [5, 5.41) is 0. The molecule has 1 saturated heterocycles. The maximum absolute atomic E-state index is 11.6. The van der Waals surface area contributed by atoms with Gasteiger partial charge in [0.15, 0.2) is 5.65 Å². The van der Waals surface area contributed by atoms with Crippen LogP contribution in [-0.2, 0) is 16.0 Å². The van der Waals surface area contributed by atoms with Crippen LogP contribution in [-0.4, -0.2) is 58.2 Å². The number of amides is 1. The lowest BCUT2D eigenvalue weighted by atomic mass is 9.88. The number of anilines is 1. The third-order valence-electron chi connectivity index (χ3n) is 5.66. The Hall–Kier alpha value is -3.22. The van der Waals surface area contributed by atoms with Crippen molar-refractivity contribution >= 4 is 29.0 Å². The smallest absolute Gasteiger partial charge is 0.219 e. The van der Waals surface area contributed by atoms with E-state index in [-0.39, 0.29) is 5.91 Å². The van der Waals surface area contributed by atoms with Gasteiger partial charge in [-0.1, -0.05) is 26.0 Å². The van der Waals surface area contributed by atoms with E-state index in [1.165, 1.54) is 0 Å². The Bertz CT molecular complexity index is 1080. The molecule has 1 fully saturated rings. The minimum atomic E-state index is -0.450. The fourth-order valence-electron chi connectivity index (χ4n) is 3.89. The van der Waals surface area contributed by atoms with Crippen LogP contribution in [0.25, 0.3) is 22.4 Å². The van der Waals surface area contributed by atoms with Crippen molar-refractivity contribution in [3.05, 3.63) is 42.2 Å². The van der Waals surface area contributed by atoms with Gasteiger partial charge in [0, 0.05) is 56.0 Å². The van der Waals surface area contributed by atoms with Gasteiger partial charge >= 0.3 is 0 Å². The predicted molar refractivity (Wildman–Crippen MR) is 117 cm³/mol. The summed E-state index contributed by atoms with van der Waals surface area (Å²) in [4.78, 5) is 39.7. The second kappa shape index (κ2) is 7.89. The molecule has 0 radical (unpaired) electrons. The first-order chi connectivity index (χ1) is 14.4.